The zero-order chi connectivity index (χ0) is 15.1. The summed E-state index contributed by atoms with van der Waals surface area (Å²) in [6, 6.07) is 6.66. The maximum Gasteiger partial charge on any atom is 0.319 e. The van der Waals surface area contributed by atoms with E-state index in [-0.39, 0.29) is 12.5 Å². The van der Waals surface area contributed by atoms with Crippen LogP contribution in [0.15, 0.2) is 24.3 Å². The van der Waals surface area contributed by atoms with Crippen LogP contribution in [0.25, 0.3) is 0 Å². The molecule has 0 radical (unpaired) electrons. The standard InChI is InChI=1S/C15H21N3O3/c1-21-13-7-5-6-12(10-13)17-15(20)16-11-14(19)18-8-3-2-4-9-18/h5-7,10H,2-4,8-9,11H2,1H3,(H2,16,17,20). The molecule has 2 rings (SSSR count). The molecule has 1 fully saturated rings. The number of amides is 3. The largest absolute Gasteiger partial charge is 0.497 e. The lowest BCUT2D eigenvalue weighted by atomic mass is 10.1. The Morgan fingerprint density at radius 3 is 2.71 bits per heavy atom. The average molecular weight is 291 g/mol. The molecule has 0 unspecified atom stereocenters. The molecule has 6 nitrogen and oxygen atoms in total. The molecule has 21 heavy (non-hydrogen) atoms. The lowest BCUT2D eigenvalue weighted by Crippen LogP contribution is -2.43. The third kappa shape index (κ3) is 4.66. The molecule has 0 aliphatic carbocycles. The minimum Gasteiger partial charge on any atom is -0.497 e. The number of methoxy groups -OCH3 is 1. The number of benzene rings is 1. The molecule has 1 heterocycles. The normalized spacial score (nSPS) is 14.4. The lowest BCUT2D eigenvalue weighted by molar-refractivity contribution is -0.130. The van der Waals surface area contributed by atoms with Gasteiger partial charge in [0.15, 0.2) is 0 Å². The zero-order valence-electron chi connectivity index (χ0n) is 12.2. The number of nitrogens with zero attached hydrogens (tertiary/aromatic N) is 1. The third-order valence-electron chi connectivity index (χ3n) is 3.44. The first kappa shape index (κ1) is 15.2. The Bertz CT molecular complexity index is 499. The second kappa shape index (κ2) is 7.52. The number of hydrogen-bond acceptors (Lipinski definition) is 3. The molecule has 0 atom stereocenters. The predicted octanol–water partition coefficient (Wildman–Crippen LogP) is 1.83. The smallest absolute Gasteiger partial charge is 0.319 e. The van der Waals surface area contributed by atoms with E-state index in [1.54, 1.807) is 36.3 Å². The van der Waals surface area contributed by atoms with Crippen molar-refractivity contribution in [3.8, 4) is 5.75 Å². The van der Waals surface area contributed by atoms with Gasteiger partial charge in [-0.25, -0.2) is 4.79 Å². The highest BCUT2D eigenvalue weighted by molar-refractivity contribution is 5.92. The van der Waals surface area contributed by atoms with Crippen LogP contribution in [0.4, 0.5) is 10.5 Å². The Hall–Kier alpha value is -2.24. The van der Waals surface area contributed by atoms with Gasteiger partial charge in [0.05, 0.1) is 13.7 Å². The van der Waals surface area contributed by atoms with Crippen LogP contribution in [0, 0.1) is 0 Å². The fourth-order valence-corrected chi connectivity index (χ4v) is 2.29. The Kier molecular flexibility index (Phi) is 5.43. The highest BCUT2D eigenvalue weighted by Gasteiger charge is 2.16. The molecule has 3 amide bonds. The molecule has 1 aliphatic rings. The van der Waals surface area contributed by atoms with Crippen LogP contribution in [-0.2, 0) is 4.79 Å². The van der Waals surface area contributed by atoms with E-state index in [0.29, 0.717) is 11.4 Å². The fraction of sp³-hybridized carbons (Fsp3) is 0.467. The predicted molar refractivity (Wildman–Crippen MR) is 80.4 cm³/mol. The van der Waals surface area contributed by atoms with Gasteiger partial charge in [0.2, 0.25) is 5.91 Å². The van der Waals surface area contributed by atoms with Gasteiger partial charge in [-0.05, 0) is 31.4 Å². The topological polar surface area (TPSA) is 70.7 Å². The van der Waals surface area contributed by atoms with Gasteiger partial charge in [-0.3, -0.25) is 4.79 Å². The first-order valence-corrected chi connectivity index (χ1v) is 7.16. The van der Waals surface area contributed by atoms with Crippen molar-refractivity contribution < 1.29 is 14.3 Å². The van der Waals surface area contributed by atoms with Crippen molar-refractivity contribution in [1.82, 2.24) is 10.2 Å². The summed E-state index contributed by atoms with van der Waals surface area (Å²) < 4.78 is 5.08. The molecule has 1 aromatic rings. The number of hydrogen-bond donors (Lipinski definition) is 2. The van der Waals surface area contributed by atoms with E-state index < -0.39 is 6.03 Å². The van der Waals surface area contributed by atoms with Gasteiger partial charge in [-0.15, -0.1) is 0 Å². The second-order valence-corrected chi connectivity index (χ2v) is 4.98. The van der Waals surface area contributed by atoms with Crippen LogP contribution in [0.5, 0.6) is 5.75 Å². The van der Waals surface area contributed by atoms with Crippen molar-refractivity contribution in [2.45, 2.75) is 19.3 Å². The van der Waals surface area contributed by atoms with Crippen LogP contribution in [0.3, 0.4) is 0 Å². The van der Waals surface area contributed by atoms with E-state index in [4.69, 9.17) is 4.74 Å². The number of carbonyl (C=O) groups is 2. The molecule has 114 valence electrons. The number of rotatable bonds is 4. The molecular formula is C15H21N3O3. The maximum atomic E-state index is 11.9. The van der Waals surface area contributed by atoms with Gasteiger partial charge in [-0.2, -0.15) is 0 Å². The zero-order valence-corrected chi connectivity index (χ0v) is 12.2. The Morgan fingerprint density at radius 2 is 2.00 bits per heavy atom. The van der Waals surface area contributed by atoms with E-state index in [1.165, 1.54) is 6.42 Å². The molecule has 0 bridgehead atoms. The number of anilines is 1. The van der Waals surface area contributed by atoms with Crippen LogP contribution >= 0.6 is 0 Å². The van der Waals surface area contributed by atoms with Gasteiger partial charge >= 0.3 is 6.03 Å². The van der Waals surface area contributed by atoms with Crippen molar-refractivity contribution in [2.75, 3.05) is 32.1 Å². The third-order valence-corrected chi connectivity index (χ3v) is 3.44. The summed E-state index contributed by atoms with van der Waals surface area (Å²) in [6.07, 6.45) is 3.26. The van der Waals surface area contributed by atoms with Crippen molar-refractivity contribution in [2.24, 2.45) is 0 Å². The van der Waals surface area contributed by atoms with E-state index in [0.717, 1.165) is 25.9 Å². The molecule has 0 aromatic heterocycles. The van der Waals surface area contributed by atoms with E-state index >= 15 is 0 Å². The van der Waals surface area contributed by atoms with Crippen molar-refractivity contribution in [3.63, 3.8) is 0 Å². The summed E-state index contributed by atoms with van der Waals surface area (Å²) in [5, 5.41) is 5.26. The first-order chi connectivity index (χ1) is 10.2. The summed E-state index contributed by atoms with van der Waals surface area (Å²) in [4.78, 5) is 25.5. The molecular weight excluding hydrogens is 270 g/mol. The van der Waals surface area contributed by atoms with Crippen molar-refractivity contribution >= 4 is 17.6 Å². The summed E-state index contributed by atoms with van der Waals surface area (Å²) >= 11 is 0. The molecule has 2 N–H and O–H groups in total. The molecule has 1 saturated heterocycles. The van der Waals surface area contributed by atoms with Crippen LogP contribution in [0.1, 0.15) is 19.3 Å². The SMILES string of the molecule is COc1cccc(NC(=O)NCC(=O)N2CCCCC2)c1. The molecule has 0 spiro atoms. The van der Waals surface area contributed by atoms with Gasteiger partial charge < -0.3 is 20.3 Å². The van der Waals surface area contributed by atoms with Crippen molar-refractivity contribution in [3.05, 3.63) is 24.3 Å². The Morgan fingerprint density at radius 1 is 1.24 bits per heavy atom. The molecule has 1 aliphatic heterocycles. The van der Waals surface area contributed by atoms with Gasteiger partial charge in [-0.1, -0.05) is 6.07 Å². The first-order valence-electron chi connectivity index (χ1n) is 7.16. The van der Waals surface area contributed by atoms with Gasteiger partial charge in [0.25, 0.3) is 0 Å². The summed E-state index contributed by atoms with van der Waals surface area (Å²) in [5.74, 6) is 0.632. The number of carbonyl (C=O) groups excluding carboxylic acids is 2. The number of likely N-dealkylation sites (tertiary alicyclic amines) is 1. The Labute approximate surface area is 124 Å². The van der Waals surface area contributed by atoms with E-state index in [1.807, 2.05) is 0 Å². The monoisotopic (exact) mass is 291 g/mol. The second-order valence-electron chi connectivity index (χ2n) is 4.98. The molecule has 1 aromatic carbocycles. The van der Waals surface area contributed by atoms with E-state index in [2.05, 4.69) is 10.6 Å². The number of nitrogens with one attached hydrogen (secondary N) is 2. The van der Waals surface area contributed by atoms with Crippen LogP contribution in [0.2, 0.25) is 0 Å². The Balaban J connectivity index is 1.77. The van der Waals surface area contributed by atoms with Crippen molar-refractivity contribution in [1.29, 1.82) is 0 Å². The lowest BCUT2D eigenvalue weighted by Gasteiger charge is -2.26. The fourth-order valence-electron chi connectivity index (χ4n) is 2.29. The van der Waals surface area contributed by atoms with Crippen LogP contribution in [-0.4, -0.2) is 43.6 Å². The number of ether oxygens (including phenoxy) is 1. The van der Waals surface area contributed by atoms with E-state index in [9.17, 15) is 9.59 Å². The molecule has 6 heteroatoms. The number of piperidine rings is 1. The quantitative estimate of drug-likeness (QED) is 0.889. The average Bonchev–Trinajstić information content (AvgIpc) is 2.53. The summed E-state index contributed by atoms with van der Waals surface area (Å²) in [6.45, 7) is 1.60. The number of urea groups is 1. The van der Waals surface area contributed by atoms with Gasteiger partial charge in [0, 0.05) is 24.8 Å². The highest BCUT2D eigenvalue weighted by Crippen LogP contribution is 2.16. The minimum atomic E-state index is -0.395. The maximum absolute atomic E-state index is 11.9. The van der Waals surface area contributed by atoms with Gasteiger partial charge in [0.1, 0.15) is 5.75 Å². The van der Waals surface area contributed by atoms with Crippen LogP contribution < -0.4 is 15.4 Å². The molecule has 0 saturated carbocycles. The minimum absolute atomic E-state index is 0.0236. The summed E-state index contributed by atoms with van der Waals surface area (Å²) in [7, 11) is 1.57. The highest BCUT2D eigenvalue weighted by atomic mass is 16.5. The summed E-state index contributed by atoms with van der Waals surface area (Å²) in [5.41, 5.74) is 0.622.